The van der Waals surface area contributed by atoms with E-state index in [0.717, 1.165) is 82.1 Å². The summed E-state index contributed by atoms with van der Waals surface area (Å²) in [4.78, 5) is 71.3. The normalized spacial score (nSPS) is 18.7. The first-order valence-corrected chi connectivity index (χ1v) is 20.2. The van der Waals surface area contributed by atoms with E-state index < -0.39 is 30.5 Å². The number of hydrogen-bond acceptors (Lipinski definition) is 9. The highest BCUT2D eigenvalue weighted by molar-refractivity contribution is 5.92. The maximum absolute atomic E-state index is 13.7. The van der Waals surface area contributed by atoms with Crippen molar-refractivity contribution in [1.82, 2.24) is 45.7 Å². The fourth-order valence-corrected chi connectivity index (χ4v) is 8.06. The molecule has 0 unspecified atom stereocenters. The molecule has 2 fully saturated rings. The predicted octanol–water partition coefficient (Wildman–Crippen LogP) is 6.77. The number of rotatable bonds is 12. The van der Waals surface area contributed by atoms with Gasteiger partial charge in [-0.15, -0.1) is 0 Å². The lowest BCUT2D eigenvalue weighted by molar-refractivity contribution is -0.137. The number of imidazole rings is 2. The highest BCUT2D eigenvalue weighted by Crippen LogP contribution is 2.35. The first kappa shape index (κ1) is 41.0. The summed E-state index contributed by atoms with van der Waals surface area (Å²) in [5.41, 5.74) is 5.59. The summed E-state index contributed by atoms with van der Waals surface area (Å²) in [5.74, 6) is 1.17. The molecule has 3 aromatic carbocycles. The first-order valence-electron chi connectivity index (χ1n) is 20.2. The maximum Gasteiger partial charge on any atom is 0.408 e. The van der Waals surface area contributed by atoms with Crippen LogP contribution in [0.1, 0.15) is 76.6 Å². The number of methoxy groups -OCH3 is 3. The second kappa shape index (κ2) is 17.8. The standard InChI is InChI=1S/C43H53N9O7/c1-7-24(2)37(50-43(56)59-6)49-41(54)52-19-9-11-35(52)39-45-31-17-16-29(22-32(31)46-39)27-12-13-28-21-30(15-14-26(28)20-27)33-23-44-38(47-33)34-10-8-18-51(34)40(53)36(25(3)57-4)48-42(55)58-5/h12-17,20-25,34-37H,7-11,18-19H2,1-6H3,(H,44,47)(H,45,46)(H,48,55)(H,49,54)(H,50,56)/t24-,25+,34-,35-,36-,37-/m0/s1. The fraction of sp³-hybridized carbons (Fsp3) is 0.442. The number of fused-ring (bicyclic) bond motifs is 2. The summed E-state index contributed by atoms with van der Waals surface area (Å²) in [5, 5.41) is 10.5. The number of amides is 5. The van der Waals surface area contributed by atoms with Gasteiger partial charge >= 0.3 is 18.2 Å². The molecule has 2 saturated heterocycles. The molecule has 0 aliphatic carbocycles. The summed E-state index contributed by atoms with van der Waals surface area (Å²) in [6.45, 7) is 6.83. The molecule has 0 saturated carbocycles. The summed E-state index contributed by atoms with van der Waals surface area (Å²) in [6.07, 6.45) is 3.30. The molecule has 2 aliphatic heterocycles. The Balaban J connectivity index is 1.05. The van der Waals surface area contributed by atoms with E-state index in [-0.39, 0.29) is 29.9 Å². The summed E-state index contributed by atoms with van der Waals surface area (Å²) < 4.78 is 14.9. The number of urea groups is 1. The van der Waals surface area contributed by atoms with Gasteiger partial charge < -0.3 is 49.9 Å². The van der Waals surface area contributed by atoms with Crippen LogP contribution in [0.2, 0.25) is 0 Å². The van der Waals surface area contributed by atoms with E-state index in [1.54, 1.807) is 22.9 Å². The lowest BCUT2D eigenvalue weighted by atomic mass is 9.99. The number of aromatic amines is 2. The molecule has 5 amide bonds. The number of benzene rings is 3. The smallest absolute Gasteiger partial charge is 0.408 e. The summed E-state index contributed by atoms with van der Waals surface area (Å²) >= 11 is 0. The van der Waals surface area contributed by atoms with Gasteiger partial charge in [-0.1, -0.05) is 44.2 Å². The third kappa shape index (κ3) is 8.67. The molecule has 5 aromatic rings. The van der Waals surface area contributed by atoms with Crippen molar-refractivity contribution in [2.45, 2.75) is 83.3 Å². The Morgan fingerprint density at radius 3 is 2.10 bits per heavy atom. The minimum absolute atomic E-state index is 0.00338. The number of aromatic nitrogens is 4. The van der Waals surface area contributed by atoms with Crippen LogP contribution in [0.4, 0.5) is 14.4 Å². The van der Waals surface area contributed by atoms with Crippen molar-refractivity contribution in [2.75, 3.05) is 34.4 Å². The average Bonchev–Trinajstić information content (AvgIpc) is 4.10. The Kier molecular flexibility index (Phi) is 12.4. The Hall–Kier alpha value is -6.16. The van der Waals surface area contributed by atoms with E-state index in [2.05, 4.69) is 74.4 Å². The highest BCUT2D eigenvalue weighted by Gasteiger charge is 2.39. The van der Waals surface area contributed by atoms with Crippen LogP contribution in [0, 0.1) is 5.92 Å². The number of nitrogens with zero attached hydrogens (tertiary/aromatic N) is 4. The van der Waals surface area contributed by atoms with Crippen LogP contribution in [0.3, 0.4) is 0 Å². The van der Waals surface area contributed by atoms with Crippen molar-refractivity contribution in [1.29, 1.82) is 0 Å². The van der Waals surface area contributed by atoms with Gasteiger partial charge in [0.15, 0.2) is 0 Å². The Morgan fingerprint density at radius 2 is 1.41 bits per heavy atom. The zero-order valence-electron chi connectivity index (χ0n) is 34.3. The van der Waals surface area contributed by atoms with E-state index in [1.807, 2.05) is 19.9 Å². The monoisotopic (exact) mass is 807 g/mol. The summed E-state index contributed by atoms with van der Waals surface area (Å²) in [6, 6.07) is 17.1. The minimum atomic E-state index is -0.900. The molecule has 59 heavy (non-hydrogen) atoms. The van der Waals surface area contributed by atoms with Crippen molar-refractivity contribution in [3.05, 3.63) is 72.4 Å². The van der Waals surface area contributed by atoms with Crippen LogP contribution >= 0.6 is 0 Å². The van der Waals surface area contributed by atoms with Crippen molar-refractivity contribution in [2.24, 2.45) is 5.92 Å². The number of hydrogen-bond donors (Lipinski definition) is 5. The van der Waals surface area contributed by atoms with Crippen LogP contribution in [-0.2, 0) is 19.0 Å². The predicted molar refractivity (Wildman–Crippen MR) is 222 cm³/mol. The van der Waals surface area contributed by atoms with Crippen molar-refractivity contribution in [3.8, 4) is 22.4 Å². The summed E-state index contributed by atoms with van der Waals surface area (Å²) in [7, 11) is 4.06. The second-order valence-electron chi connectivity index (χ2n) is 15.4. The second-order valence-corrected chi connectivity index (χ2v) is 15.4. The van der Waals surface area contributed by atoms with Gasteiger partial charge in [-0.3, -0.25) is 4.79 Å². The van der Waals surface area contributed by atoms with Gasteiger partial charge in [0.25, 0.3) is 0 Å². The zero-order valence-corrected chi connectivity index (χ0v) is 34.3. The van der Waals surface area contributed by atoms with E-state index in [0.29, 0.717) is 18.9 Å². The van der Waals surface area contributed by atoms with E-state index in [4.69, 9.17) is 24.2 Å². The van der Waals surface area contributed by atoms with Gasteiger partial charge in [0, 0.05) is 25.8 Å². The van der Waals surface area contributed by atoms with E-state index >= 15 is 0 Å². The zero-order chi connectivity index (χ0) is 41.8. The molecule has 2 aromatic heterocycles. The highest BCUT2D eigenvalue weighted by atomic mass is 16.5. The molecule has 0 spiro atoms. The maximum atomic E-state index is 13.7. The van der Waals surface area contributed by atoms with Crippen LogP contribution in [0.15, 0.2) is 60.8 Å². The SMILES string of the molecule is CC[C@H](C)[C@H](NC(=O)OC)NC(=O)N1CCC[C@H]1c1nc2ccc(-c3ccc4cc(-c5cnc([C@@H]6CCCN6C(=O)[C@@H](NC(=O)OC)[C@@H](C)OC)[nH]5)ccc4c3)cc2[nH]1. The van der Waals surface area contributed by atoms with Crippen LogP contribution in [0.25, 0.3) is 44.2 Å². The molecular formula is C43H53N9O7. The number of nitrogens with one attached hydrogen (secondary N) is 5. The number of carbonyl (C=O) groups is 4. The topological polar surface area (TPSA) is 196 Å². The molecule has 4 heterocycles. The molecular weight excluding hydrogens is 755 g/mol. The Bertz CT molecular complexity index is 2320. The average molecular weight is 808 g/mol. The van der Waals surface area contributed by atoms with Gasteiger partial charge in [0.2, 0.25) is 5.91 Å². The van der Waals surface area contributed by atoms with Crippen molar-refractivity contribution < 1.29 is 33.4 Å². The van der Waals surface area contributed by atoms with Crippen molar-refractivity contribution in [3.63, 3.8) is 0 Å². The molecule has 2 aliphatic rings. The Labute approximate surface area is 342 Å². The van der Waals surface area contributed by atoms with E-state index in [9.17, 15) is 19.2 Å². The molecule has 0 radical (unpaired) electrons. The van der Waals surface area contributed by atoms with Crippen molar-refractivity contribution >= 4 is 45.9 Å². The quantitative estimate of drug-likeness (QED) is 0.0846. The van der Waals surface area contributed by atoms with Gasteiger partial charge in [-0.25, -0.2) is 24.4 Å². The number of likely N-dealkylation sites (tertiary alicyclic amines) is 2. The van der Waals surface area contributed by atoms with Crippen LogP contribution in [-0.4, -0.2) is 107 Å². The Morgan fingerprint density at radius 1 is 0.780 bits per heavy atom. The fourth-order valence-electron chi connectivity index (χ4n) is 8.06. The molecule has 16 nitrogen and oxygen atoms in total. The third-order valence-corrected chi connectivity index (χ3v) is 11.8. The third-order valence-electron chi connectivity index (χ3n) is 11.8. The number of carbonyl (C=O) groups excluding carboxylic acids is 4. The molecule has 5 N–H and O–H groups in total. The van der Waals surface area contributed by atoms with Gasteiger partial charge in [0.1, 0.15) is 23.9 Å². The van der Waals surface area contributed by atoms with Gasteiger partial charge in [-0.2, -0.15) is 0 Å². The first-order chi connectivity index (χ1) is 28.5. The van der Waals surface area contributed by atoms with Crippen LogP contribution in [0.5, 0.6) is 0 Å². The molecule has 6 atom stereocenters. The molecule has 16 heteroatoms. The largest absolute Gasteiger partial charge is 0.453 e. The lowest BCUT2D eigenvalue weighted by Crippen LogP contribution is -2.55. The number of H-pyrrole nitrogens is 2. The van der Waals surface area contributed by atoms with Crippen LogP contribution < -0.4 is 16.0 Å². The van der Waals surface area contributed by atoms with Gasteiger partial charge in [0.05, 0.1) is 55.3 Å². The number of alkyl carbamates (subject to hydrolysis) is 2. The van der Waals surface area contributed by atoms with E-state index in [1.165, 1.54) is 21.3 Å². The molecule has 312 valence electrons. The lowest BCUT2D eigenvalue weighted by Gasteiger charge is -2.30. The van der Waals surface area contributed by atoms with Gasteiger partial charge in [-0.05, 0) is 91.1 Å². The minimum Gasteiger partial charge on any atom is -0.453 e. The molecule has 0 bridgehead atoms. The molecule has 7 rings (SSSR count). The number of ether oxygens (including phenoxy) is 3.